The summed E-state index contributed by atoms with van der Waals surface area (Å²) in [6.45, 7) is 5.99. The molecule has 7 nitrogen and oxygen atoms in total. The van der Waals surface area contributed by atoms with Crippen LogP contribution in [0.4, 0.5) is 5.82 Å². The van der Waals surface area contributed by atoms with Crippen molar-refractivity contribution in [2.45, 2.75) is 26.2 Å². The van der Waals surface area contributed by atoms with Crippen molar-refractivity contribution in [1.29, 1.82) is 0 Å². The number of hydrogen-bond donors (Lipinski definition) is 3. The molecule has 0 saturated carbocycles. The van der Waals surface area contributed by atoms with Crippen LogP contribution in [0.2, 0.25) is 0 Å². The molecule has 1 fully saturated rings. The van der Waals surface area contributed by atoms with Gasteiger partial charge in [0.15, 0.2) is 5.65 Å². The molecule has 4 N–H and O–H groups in total. The molecule has 0 radical (unpaired) electrons. The zero-order chi connectivity index (χ0) is 15.5. The second-order valence-corrected chi connectivity index (χ2v) is 5.08. The number of aromatic amines is 1. The second kappa shape index (κ2) is 6.15. The molecule has 1 atom stereocenters. The van der Waals surface area contributed by atoms with Gasteiger partial charge in [0.2, 0.25) is 0 Å². The largest absolute Gasteiger partial charge is 0.384 e. The summed E-state index contributed by atoms with van der Waals surface area (Å²) in [5.41, 5.74) is 9.84. The average molecular weight is 299 g/mol. The van der Waals surface area contributed by atoms with Crippen LogP contribution >= 0.6 is 0 Å². The summed E-state index contributed by atoms with van der Waals surface area (Å²) in [5.74, 6) is 1.04. The zero-order valence-electron chi connectivity index (χ0n) is 12.9. The van der Waals surface area contributed by atoms with Gasteiger partial charge in [-0.2, -0.15) is 14.7 Å². The maximum Gasteiger partial charge on any atom is 0.165 e. The number of fused-ring (bicyclic) bond motifs is 1. The Hall–Kier alpha value is -2.41. The standard InChI is InChI=1S/C13H15N7.C2H6/c14-12-3-11(8-1-2-15-4-8)19-13-10(7-18-20(12)13)9-5-16-17-6-9;1-2/h3,5-8,15H,1-2,4,14H2,(H,16,17);1-2H3. The molecule has 4 heterocycles. The maximum atomic E-state index is 6.11. The number of nitrogens with one attached hydrogen (secondary N) is 2. The molecule has 0 spiro atoms. The van der Waals surface area contributed by atoms with Crippen LogP contribution in [0.15, 0.2) is 24.7 Å². The SMILES string of the molecule is CC.Nc1cc(C2CCNC2)nc2c(-c3cn[nH]c3)cnn12. The van der Waals surface area contributed by atoms with Gasteiger partial charge in [-0.1, -0.05) is 13.8 Å². The number of H-pyrrole nitrogens is 1. The normalized spacial score (nSPS) is 17.5. The van der Waals surface area contributed by atoms with Crippen LogP contribution in [0.1, 0.15) is 31.9 Å². The molecule has 0 aliphatic carbocycles. The third-order valence-electron chi connectivity index (χ3n) is 3.81. The molecule has 1 aliphatic rings. The Labute approximate surface area is 128 Å². The van der Waals surface area contributed by atoms with Gasteiger partial charge in [0.25, 0.3) is 0 Å². The smallest absolute Gasteiger partial charge is 0.165 e. The third-order valence-corrected chi connectivity index (χ3v) is 3.81. The highest BCUT2D eigenvalue weighted by Gasteiger charge is 2.20. The van der Waals surface area contributed by atoms with Gasteiger partial charge < -0.3 is 11.1 Å². The molecule has 7 heteroatoms. The number of rotatable bonds is 2. The fourth-order valence-electron chi connectivity index (χ4n) is 2.72. The van der Waals surface area contributed by atoms with E-state index in [0.717, 1.165) is 42.0 Å². The molecule has 116 valence electrons. The minimum atomic E-state index is 0.425. The number of nitrogen functional groups attached to an aromatic ring is 1. The molecule has 0 amide bonds. The number of aromatic nitrogens is 5. The molecule has 1 unspecified atom stereocenters. The van der Waals surface area contributed by atoms with Crippen molar-refractivity contribution in [2.24, 2.45) is 0 Å². The minimum Gasteiger partial charge on any atom is -0.384 e. The molecule has 3 aromatic rings. The highest BCUT2D eigenvalue weighted by atomic mass is 15.3. The van der Waals surface area contributed by atoms with E-state index in [2.05, 4.69) is 20.6 Å². The predicted octanol–water partition coefficient (Wildman–Crippen LogP) is 1.80. The van der Waals surface area contributed by atoms with Crippen LogP contribution in [0.3, 0.4) is 0 Å². The van der Waals surface area contributed by atoms with Gasteiger partial charge in [0, 0.05) is 35.9 Å². The molecular formula is C15H21N7. The van der Waals surface area contributed by atoms with Crippen LogP contribution in [0, 0.1) is 0 Å². The Balaban J connectivity index is 0.000000693. The first-order chi connectivity index (χ1) is 10.8. The highest BCUT2D eigenvalue weighted by molar-refractivity contribution is 5.77. The van der Waals surface area contributed by atoms with Crippen molar-refractivity contribution in [2.75, 3.05) is 18.8 Å². The minimum absolute atomic E-state index is 0.425. The summed E-state index contributed by atoms with van der Waals surface area (Å²) < 4.78 is 1.67. The molecule has 0 aromatic carbocycles. The van der Waals surface area contributed by atoms with Crippen molar-refractivity contribution in [1.82, 2.24) is 30.1 Å². The lowest BCUT2D eigenvalue weighted by molar-refractivity contribution is 0.732. The van der Waals surface area contributed by atoms with E-state index in [9.17, 15) is 0 Å². The lowest BCUT2D eigenvalue weighted by Gasteiger charge is -2.10. The third kappa shape index (κ3) is 2.43. The van der Waals surface area contributed by atoms with Gasteiger partial charge in [-0.25, -0.2) is 4.98 Å². The molecular weight excluding hydrogens is 278 g/mol. The first kappa shape index (κ1) is 14.5. The molecule has 3 aromatic heterocycles. The summed E-state index contributed by atoms with van der Waals surface area (Å²) in [4.78, 5) is 4.77. The molecule has 1 aliphatic heterocycles. The van der Waals surface area contributed by atoms with Crippen LogP contribution in [-0.4, -0.2) is 37.9 Å². The van der Waals surface area contributed by atoms with Crippen molar-refractivity contribution < 1.29 is 0 Å². The van der Waals surface area contributed by atoms with Crippen molar-refractivity contribution in [3.63, 3.8) is 0 Å². The van der Waals surface area contributed by atoms with E-state index in [0.29, 0.717) is 11.7 Å². The van der Waals surface area contributed by atoms with Crippen LogP contribution < -0.4 is 11.1 Å². The monoisotopic (exact) mass is 299 g/mol. The summed E-state index contributed by atoms with van der Waals surface area (Å²) in [6, 6.07) is 1.93. The van der Waals surface area contributed by atoms with E-state index in [1.807, 2.05) is 26.1 Å². The van der Waals surface area contributed by atoms with E-state index >= 15 is 0 Å². The number of nitrogens with two attached hydrogens (primary N) is 1. The molecule has 4 rings (SSSR count). The molecule has 22 heavy (non-hydrogen) atoms. The van der Waals surface area contributed by atoms with Crippen LogP contribution in [0.5, 0.6) is 0 Å². The van der Waals surface area contributed by atoms with E-state index in [4.69, 9.17) is 10.7 Å². The Morgan fingerprint density at radius 3 is 2.86 bits per heavy atom. The summed E-state index contributed by atoms with van der Waals surface area (Å²) in [6.07, 6.45) is 6.47. The number of nitrogens with zero attached hydrogens (tertiary/aromatic N) is 4. The summed E-state index contributed by atoms with van der Waals surface area (Å²) >= 11 is 0. The topological polar surface area (TPSA) is 96.9 Å². The maximum absolute atomic E-state index is 6.11. The number of anilines is 1. The van der Waals surface area contributed by atoms with Crippen molar-refractivity contribution >= 4 is 11.5 Å². The Bertz CT molecular complexity index is 739. The highest BCUT2D eigenvalue weighted by Crippen LogP contribution is 2.27. The van der Waals surface area contributed by atoms with E-state index in [1.165, 1.54) is 0 Å². The first-order valence-electron chi connectivity index (χ1n) is 7.67. The van der Waals surface area contributed by atoms with Crippen LogP contribution in [0.25, 0.3) is 16.8 Å². The quantitative estimate of drug-likeness (QED) is 0.670. The Kier molecular flexibility index (Phi) is 4.06. The van der Waals surface area contributed by atoms with Crippen LogP contribution in [-0.2, 0) is 0 Å². The Morgan fingerprint density at radius 2 is 2.18 bits per heavy atom. The van der Waals surface area contributed by atoms with Gasteiger partial charge in [0.1, 0.15) is 5.82 Å². The van der Waals surface area contributed by atoms with Gasteiger partial charge in [-0.3, -0.25) is 5.10 Å². The van der Waals surface area contributed by atoms with Gasteiger partial charge in [0.05, 0.1) is 18.1 Å². The molecule has 0 bridgehead atoms. The molecule has 1 saturated heterocycles. The van der Waals surface area contributed by atoms with E-state index in [1.54, 1.807) is 16.9 Å². The second-order valence-electron chi connectivity index (χ2n) is 5.08. The average Bonchev–Trinajstić information content (AvgIpc) is 3.29. The Morgan fingerprint density at radius 1 is 1.32 bits per heavy atom. The fourth-order valence-corrected chi connectivity index (χ4v) is 2.72. The fraction of sp³-hybridized carbons (Fsp3) is 0.400. The first-order valence-corrected chi connectivity index (χ1v) is 7.67. The van der Waals surface area contributed by atoms with E-state index < -0.39 is 0 Å². The summed E-state index contributed by atoms with van der Waals surface area (Å²) in [7, 11) is 0. The lowest BCUT2D eigenvalue weighted by Crippen LogP contribution is -2.11. The van der Waals surface area contributed by atoms with Gasteiger partial charge in [-0.05, 0) is 13.0 Å². The number of hydrogen-bond acceptors (Lipinski definition) is 5. The van der Waals surface area contributed by atoms with Crippen molar-refractivity contribution in [3.05, 3.63) is 30.4 Å². The van der Waals surface area contributed by atoms with Crippen molar-refractivity contribution in [3.8, 4) is 11.1 Å². The zero-order valence-corrected chi connectivity index (χ0v) is 12.9. The van der Waals surface area contributed by atoms with Gasteiger partial charge >= 0.3 is 0 Å². The predicted molar refractivity (Wildman–Crippen MR) is 86.6 cm³/mol. The summed E-state index contributed by atoms with van der Waals surface area (Å²) in [5, 5.41) is 14.5. The van der Waals surface area contributed by atoms with E-state index in [-0.39, 0.29) is 0 Å². The van der Waals surface area contributed by atoms with Gasteiger partial charge in [-0.15, -0.1) is 0 Å². The lowest BCUT2D eigenvalue weighted by atomic mass is 10.0.